The van der Waals surface area contributed by atoms with Crippen LogP contribution in [-0.2, 0) is 9.84 Å². The van der Waals surface area contributed by atoms with Gasteiger partial charge in [0.05, 0.1) is 10.6 Å². The zero-order chi connectivity index (χ0) is 13.4. The van der Waals surface area contributed by atoms with E-state index in [2.05, 4.69) is 5.32 Å². The third-order valence-corrected chi connectivity index (χ3v) is 4.54. The summed E-state index contributed by atoms with van der Waals surface area (Å²) < 4.78 is 23.3. The average Bonchev–Trinajstić information content (AvgIpc) is 2.40. The average molecular weight is 276 g/mol. The van der Waals surface area contributed by atoms with Crippen molar-refractivity contribution in [2.24, 2.45) is 0 Å². The number of nitrogens with two attached hydrogens (primary N) is 1. The lowest BCUT2D eigenvalue weighted by Gasteiger charge is -2.09. The van der Waals surface area contributed by atoms with Crippen molar-refractivity contribution in [1.82, 2.24) is 0 Å². The molecule has 96 valence electrons. The van der Waals surface area contributed by atoms with Crippen molar-refractivity contribution in [3.05, 3.63) is 4.88 Å². The second-order valence-corrected chi connectivity index (χ2v) is 7.10. The lowest BCUT2D eigenvalue weighted by atomic mass is 10.3. The van der Waals surface area contributed by atoms with Gasteiger partial charge in [-0.05, 0) is 13.8 Å². The first-order valence-electron chi connectivity index (χ1n) is 5.04. The number of rotatable bonds is 4. The molecule has 0 atom stereocenters. The number of carbonyl (C=O) groups is 1. The molecule has 0 unspecified atom stereocenters. The smallest absolute Gasteiger partial charge is 0.180 e. The van der Waals surface area contributed by atoms with E-state index in [1.165, 1.54) is 6.92 Å². The molecule has 1 aromatic rings. The van der Waals surface area contributed by atoms with Crippen LogP contribution in [0.15, 0.2) is 4.90 Å². The molecule has 0 saturated heterocycles. The number of nitrogens with one attached hydrogen (secondary N) is 1. The second kappa shape index (κ2) is 4.66. The Balaban J connectivity index is 3.48. The van der Waals surface area contributed by atoms with Crippen molar-refractivity contribution >= 4 is 37.6 Å². The highest BCUT2D eigenvalue weighted by Crippen LogP contribution is 2.39. The third-order valence-electron chi connectivity index (χ3n) is 2.01. The van der Waals surface area contributed by atoms with E-state index in [9.17, 15) is 13.2 Å². The molecule has 0 bridgehead atoms. The summed E-state index contributed by atoms with van der Waals surface area (Å²) in [5.74, 6) is -0.228. The summed E-state index contributed by atoms with van der Waals surface area (Å²) in [6.45, 7) is 5.14. The molecule has 1 aromatic heterocycles. The maximum Gasteiger partial charge on any atom is 0.180 e. The number of Topliss-reactive ketones (excluding diaryl/α,β-unsaturated/α-hetero) is 1. The minimum absolute atomic E-state index is 0.0291. The number of ketones is 1. The van der Waals surface area contributed by atoms with Crippen LogP contribution in [0.3, 0.4) is 0 Å². The van der Waals surface area contributed by atoms with E-state index < -0.39 is 9.84 Å². The van der Waals surface area contributed by atoms with E-state index in [1.807, 2.05) is 13.8 Å². The predicted molar refractivity (Wildman–Crippen MR) is 70.6 cm³/mol. The molecule has 0 aliphatic rings. The van der Waals surface area contributed by atoms with Gasteiger partial charge in [0, 0.05) is 19.2 Å². The van der Waals surface area contributed by atoms with Crippen LogP contribution in [0.4, 0.5) is 10.7 Å². The fourth-order valence-electron chi connectivity index (χ4n) is 1.42. The maximum atomic E-state index is 11.7. The van der Waals surface area contributed by atoms with Crippen LogP contribution in [0.25, 0.3) is 0 Å². The van der Waals surface area contributed by atoms with Gasteiger partial charge >= 0.3 is 0 Å². The molecule has 7 heteroatoms. The Kier molecular flexibility index (Phi) is 3.83. The van der Waals surface area contributed by atoms with Crippen LogP contribution in [0.1, 0.15) is 30.4 Å². The van der Waals surface area contributed by atoms with Crippen LogP contribution in [0, 0.1) is 0 Å². The fraction of sp³-hybridized carbons (Fsp3) is 0.500. The minimum Gasteiger partial charge on any atom is -0.396 e. The lowest BCUT2D eigenvalue weighted by molar-refractivity contribution is 0.102. The van der Waals surface area contributed by atoms with E-state index in [4.69, 9.17) is 5.73 Å². The van der Waals surface area contributed by atoms with E-state index in [-0.39, 0.29) is 27.3 Å². The Morgan fingerprint density at radius 2 is 1.94 bits per heavy atom. The Hall–Kier alpha value is -1.08. The summed E-state index contributed by atoms with van der Waals surface area (Å²) in [5, 5.41) is 3.44. The third kappa shape index (κ3) is 2.98. The molecule has 5 nitrogen and oxygen atoms in total. The van der Waals surface area contributed by atoms with Gasteiger partial charge in [-0.15, -0.1) is 11.3 Å². The van der Waals surface area contributed by atoms with Crippen molar-refractivity contribution in [2.45, 2.75) is 31.7 Å². The van der Waals surface area contributed by atoms with Crippen molar-refractivity contribution in [3.8, 4) is 0 Å². The topological polar surface area (TPSA) is 89.3 Å². The van der Waals surface area contributed by atoms with Crippen LogP contribution in [0.2, 0.25) is 0 Å². The van der Waals surface area contributed by atoms with E-state index in [1.54, 1.807) is 0 Å². The number of hydrogen-bond acceptors (Lipinski definition) is 6. The standard InChI is InChI=1S/C10H16N2O3S2/c1-5(2)12-10-9(17(4,14)15)7(11)8(16-10)6(3)13/h5,12H,11H2,1-4H3. The molecule has 0 saturated carbocycles. The van der Waals surface area contributed by atoms with Crippen LogP contribution in [-0.4, -0.2) is 26.5 Å². The summed E-state index contributed by atoms with van der Waals surface area (Å²) in [7, 11) is -3.45. The Morgan fingerprint density at radius 1 is 1.41 bits per heavy atom. The molecule has 0 aliphatic heterocycles. The summed E-state index contributed by atoms with van der Waals surface area (Å²) in [5.41, 5.74) is 5.79. The first kappa shape index (κ1) is 14.0. The Labute approximate surface area is 105 Å². The van der Waals surface area contributed by atoms with Gasteiger partial charge in [-0.25, -0.2) is 8.42 Å². The first-order valence-corrected chi connectivity index (χ1v) is 7.75. The highest BCUT2D eigenvalue weighted by molar-refractivity contribution is 7.91. The quantitative estimate of drug-likeness (QED) is 0.818. The molecule has 17 heavy (non-hydrogen) atoms. The number of carbonyl (C=O) groups excluding carboxylic acids is 1. The summed E-state index contributed by atoms with van der Waals surface area (Å²) in [4.78, 5) is 11.7. The van der Waals surface area contributed by atoms with Gasteiger partial charge in [0.15, 0.2) is 15.6 Å². The van der Waals surface area contributed by atoms with Crippen LogP contribution in [0.5, 0.6) is 0 Å². The Morgan fingerprint density at radius 3 is 2.29 bits per heavy atom. The molecule has 0 radical (unpaired) electrons. The molecular weight excluding hydrogens is 260 g/mol. The number of sulfone groups is 1. The zero-order valence-corrected chi connectivity index (χ0v) is 11.8. The molecule has 1 rings (SSSR count). The van der Waals surface area contributed by atoms with Gasteiger partial charge in [-0.3, -0.25) is 4.79 Å². The zero-order valence-electron chi connectivity index (χ0n) is 10.2. The van der Waals surface area contributed by atoms with Crippen molar-refractivity contribution in [1.29, 1.82) is 0 Å². The fourth-order valence-corrected chi connectivity index (χ4v) is 4.01. The normalized spacial score (nSPS) is 11.8. The van der Waals surface area contributed by atoms with E-state index >= 15 is 0 Å². The summed E-state index contributed by atoms with van der Waals surface area (Å²) in [6.07, 6.45) is 1.08. The van der Waals surface area contributed by atoms with E-state index in [0.717, 1.165) is 17.6 Å². The van der Waals surface area contributed by atoms with Gasteiger partial charge in [-0.2, -0.15) is 0 Å². The number of nitrogen functional groups attached to an aromatic ring is 1. The van der Waals surface area contributed by atoms with Crippen LogP contribution < -0.4 is 11.1 Å². The molecule has 1 heterocycles. The van der Waals surface area contributed by atoms with Crippen molar-refractivity contribution < 1.29 is 13.2 Å². The van der Waals surface area contributed by atoms with Crippen molar-refractivity contribution in [3.63, 3.8) is 0 Å². The van der Waals surface area contributed by atoms with Gasteiger partial charge < -0.3 is 11.1 Å². The van der Waals surface area contributed by atoms with Crippen molar-refractivity contribution in [2.75, 3.05) is 17.3 Å². The number of thiophene rings is 1. The van der Waals surface area contributed by atoms with Crippen LogP contribution >= 0.6 is 11.3 Å². The molecule has 0 fully saturated rings. The molecule has 0 aromatic carbocycles. The molecule has 3 N–H and O–H groups in total. The van der Waals surface area contributed by atoms with E-state index in [0.29, 0.717) is 5.00 Å². The maximum absolute atomic E-state index is 11.7. The summed E-state index contributed by atoms with van der Waals surface area (Å²) >= 11 is 1.08. The molecular formula is C10H16N2O3S2. The molecule has 0 aliphatic carbocycles. The van der Waals surface area contributed by atoms with Gasteiger partial charge in [0.2, 0.25) is 0 Å². The van der Waals surface area contributed by atoms with Gasteiger partial charge in [-0.1, -0.05) is 0 Å². The highest BCUT2D eigenvalue weighted by Gasteiger charge is 2.25. The van der Waals surface area contributed by atoms with Gasteiger partial charge in [0.1, 0.15) is 9.90 Å². The monoisotopic (exact) mass is 276 g/mol. The molecule has 0 amide bonds. The predicted octanol–water partition coefficient (Wildman–Crippen LogP) is 1.76. The molecule has 0 spiro atoms. The van der Waals surface area contributed by atoms with Gasteiger partial charge in [0.25, 0.3) is 0 Å². The first-order chi connectivity index (χ1) is 7.64. The number of anilines is 2. The largest absolute Gasteiger partial charge is 0.396 e. The SMILES string of the molecule is CC(=O)c1sc(NC(C)C)c(S(C)(=O)=O)c1N. The summed E-state index contributed by atoms with van der Waals surface area (Å²) in [6, 6.07) is 0.0633. The minimum atomic E-state index is -3.45. The Bertz CT molecular complexity index is 544. The highest BCUT2D eigenvalue weighted by atomic mass is 32.2. The second-order valence-electron chi connectivity index (χ2n) is 4.13. The number of hydrogen-bond donors (Lipinski definition) is 2. The lowest BCUT2D eigenvalue weighted by Crippen LogP contribution is -2.12.